The lowest BCUT2D eigenvalue weighted by Gasteiger charge is -2.26. The highest BCUT2D eigenvalue weighted by molar-refractivity contribution is 7.26. The van der Waals surface area contributed by atoms with Crippen molar-refractivity contribution in [3.05, 3.63) is 206 Å². The van der Waals surface area contributed by atoms with Crippen LogP contribution in [-0.4, -0.2) is 4.57 Å². The number of nitrogens with zero attached hydrogens (tertiary/aromatic N) is 2. The summed E-state index contributed by atoms with van der Waals surface area (Å²) in [7, 11) is 0. The number of para-hydroxylation sites is 3. The number of hydrogen-bond acceptors (Lipinski definition) is 3. The number of rotatable bonds is 6. The van der Waals surface area contributed by atoms with Crippen LogP contribution in [0.15, 0.2) is 211 Å². The first-order valence-corrected chi connectivity index (χ1v) is 20.5. The van der Waals surface area contributed by atoms with Crippen LogP contribution in [0.4, 0.5) is 17.1 Å². The molecule has 0 spiro atoms. The van der Waals surface area contributed by atoms with Gasteiger partial charge in [0.15, 0.2) is 0 Å². The van der Waals surface area contributed by atoms with E-state index in [0.717, 1.165) is 55.8 Å². The van der Waals surface area contributed by atoms with Gasteiger partial charge >= 0.3 is 0 Å². The molecular formula is C54H34N2OS. The van der Waals surface area contributed by atoms with E-state index in [1.807, 2.05) is 23.5 Å². The van der Waals surface area contributed by atoms with Crippen molar-refractivity contribution in [1.29, 1.82) is 0 Å². The van der Waals surface area contributed by atoms with Crippen LogP contribution in [0.2, 0.25) is 0 Å². The van der Waals surface area contributed by atoms with E-state index in [0.29, 0.717) is 0 Å². The third-order valence-corrected chi connectivity index (χ3v) is 12.8. The van der Waals surface area contributed by atoms with Gasteiger partial charge < -0.3 is 13.9 Å². The molecule has 0 saturated heterocycles. The predicted molar refractivity (Wildman–Crippen MR) is 247 cm³/mol. The summed E-state index contributed by atoms with van der Waals surface area (Å²) in [5.41, 5.74) is 13.2. The van der Waals surface area contributed by atoms with Crippen molar-refractivity contribution in [3.63, 3.8) is 0 Å². The summed E-state index contributed by atoms with van der Waals surface area (Å²) in [4.78, 5) is 2.38. The molecule has 272 valence electrons. The number of thiophene rings is 1. The van der Waals surface area contributed by atoms with Gasteiger partial charge in [-0.25, -0.2) is 0 Å². The minimum Gasteiger partial charge on any atom is -0.455 e. The average Bonchev–Trinajstić information content (AvgIpc) is 3.97. The minimum atomic E-state index is 0.906. The van der Waals surface area contributed by atoms with Crippen LogP contribution in [0.25, 0.3) is 91.9 Å². The van der Waals surface area contributed by atoms with Crippen molar-refractivity contribution in [2.45, 2.75) is 0 Å². The summed E-state index contributed by atoms with van der Waals surface area (Å²) in [6.45, 7) is 0. The largest absolute Gasteiger partial charge is 0.455 e. The van der Waals surface area contributed by atoms with E-state index >= 15 is 0 Å². The fourth-order valence-corrected chi connectivity index (χ4v) is 10.2. The molecule has 0 fully saturated rings. The number of hydrogen-bond donors (Lipinski definition) is 0. The smallest absolute Gasteiger partial charge is 0.143 e. The highest BCUT2D eigenvalue weighted by Gasteiger charge is 2.21. The lowest BCUT2D eigenvalue weighted by atomic mass is 10.0. The topological polar surface area (TPSA) is 21.3 Å². The Labute approximate surface area is 338 Å². The van der Waals surface area contributed by atoms with E-state index in [9.17, 15) is 0 Å². The van der Waals surface area contributed by atoms with E-state index < -0.39 is 0 Å². The first-order chi connectivity index (χ1) is 28.8. The van der Waals surface area contributed by atoms with Gasteiger partial charge in [-0.15, -0.1) is 11.3 Å². The Morgan fingerprint density at radius 2 is 1.03 bits per heavy atom. The lowest BCUT2D eigenvalue weighted by Crippen LogP contribution is -2.10. The molecule has 0 unspecified atom stereocenters. The predicted octanol–water partition coefficient (Wildman–Crippen LogP) is 15.9. The number of furan rings is 1. The van der Waals surface area contributed by atoms with Crippen molar-refractivity contribution < 1.29 is 4.42 Å². The Morgan fingerprint density at radius 1 is 0.414 bits per heavy atom. The molecule has 12 rings (SSSR count). The summed E-state index contributed by atoms with van der Waals surface area (Å²) in [6.07, 6.45) is 0. The van der Waals surface area contributed by atoms with Gasteiger partial charge in [-0.1, -0.05) is 140 Å². The van der Waals surface area contributed by atoms with E-state index in [1.54, 1.807) is 0 Å². The summed E-state index contributed by atoms with van der Waals surface area (Å²) in [6, 6.07) is 74.3. The van der Waals surface area contributed by atoms with E-state index in [2.05, 4.69) is 204 Å². The van der Waals surface area contributed by atoms with Crippen molar-refractivity contribution >= 4 is 92.3 Å². The maximum absolute atomic E-state index is 6.45. The molecule has 0 bridgehead atoms. The molecule has 0 aliphatic rings. The fraction of sp³-hybridized carbons (Fsp3) is 0. The zero-order valence-corrected chi connectivity index (χ0v) is 32.2. The molecule has 12 aromatic rings. The fourth-order valence-electron chi connectivity index (χ4n) is 8.91. The quantitative estimate of drug-likeness (QED) is 0.168. The van der Waals surface area contributed by atoms with Crippen molar-refractivity contribution in [2.24, 2.45) is 0 Å². The van der Waals surface area contributed by atoms with Gasteiger partial charge in [-0.05, 0) is 83.4 Å². The van der Waals surface area contributed by atoms with Gasteiger partial charge in [0.2, 0.25) is 0 Å². The van der Waals surface area contributed by atoms with Crippen LogP contribution in [0.5, 0.6) is 0 Å². The van der Waals surface area contributed by atoms with Crippen LogP contribution in [-0.2, 0) is 0 Å². The number of benzene rings is 9. The van der Waals surface area contributed by atoms with Gasteiger partial charge in [0.1, 0.15) is 11.2 Å². The van der Waals surface area contributed by atoms with Gasteiger partial charge in [0.05, 0.1) is 11.0 Å². The summed E-state index contributed by atoms with van der Waals surface area (Å²) in [5, 5.41) is 7.43. The van der Waals surface area contributed by atoms with E-state index in [4.69, 9.17) is 4.42 Å². The Bertz CT molecular complexity index is 3490. The Morgan fingerprint density at radius 3 is 1.83 bits per heavy atom. The highest BCUT2D eigenvalue weighted by atomic mass is 32.1. The van der Waals surface area contributed by atoms with Crippen LogP contribution < -0.4 is 4.90 Å². The van der Waals surface area contributed by atoms with E-state index in [-0.39, 0.29) is 0 Å². The molecule has 0 amide bonds. The summed E-state index contributed by atoms with van der Waals surface area (Å²) in [5.74, 6) is 0. The molecule has 0 N–H and O–H groups in total. The van der Waals surface area contributed by atoms with E-state index in [1.165, 1.54) is 53.1 Å². The SMILES string of the molecule is c1ccc(-c2ccc(N(c3ccc(-c4cccc5c4oc4ccccc45)cc3)c3ccc4c5c6sc7ccccc7c6ccc5n(-c5ccccc5)c4c3)cc2)cc1. The van der Waals surface area contributed by atoms with Crippen LogP contribution in [0.3, 0.4) is 0 Å². The van der Waals surface area contributed by atoms with Gasteiger partial charge in [0, 0.05) is 70.0 Å². The normalized spacial score (nSPS) is 11.8. The molecular weight excluding hydrogens is 725 g/mol. The molecule has 3 heterocycles. The Kier molecular flexibility index (Phi) is 7.40. The molecule has 0 saturated carbocycles. The average molecular weight is 759 g/mol. The first kappa shape index (κ1) is 32.8. The number of anilines is 3. The summed E-state index contributed by atoms with van der Waals surface area (Å²) >= 11 is 1.89. The maximum Gasteiger partial charge on any atom is 0.143 e. The zero-order valence-electron chi connectivity index (χ0n) is 31.3. The lowest BCUT2D eigenvalue weighted by molar-refractivity contribution is 0.670. The maximum atomic E-state index is 6.45. The Balaban J connectivity index is 1.06. The van der Waals surface area contributed by atoms with Crippen molar-refractivity contribution in [1.82, 2.24) is 4.57 Å². The first-order valence-electron chi connectivity index (χ1n) is 19.7. The van der Waals surface area contributed by atoms with Crippen LogP contribution >= 0.6 is 11.3 Å². The third-order valence-electron chi connectivity index (χ3n) is 11.6. The van der Waals surface area contributed by atoms with Gasteiger partial charge in [-0.2, -0.15) is 0 Å². The third kappa shape index (κ3) is 5.12. The summed E-state index contributed by atoms with van der Waals surface area (Å²) < 4.78 is 11.5. The molecule has 9 aromatic carbocycles. The highest BCUT2D eigenvalue weighted by Crippen LogP contribution is 2.46. The monoisotopic (exact) mass is 758 g/mol. The molecule has 0 aliphatic carbocycles. The second-order valence-electron chi connectivity index (χ2n) is 14.9. The second kappa shape index (κ2) is 13.1. The molecule has 58 heavy (non-hydrogen) atoms. The van der Waals surface area contributed by atoms with Crippen LogP contribution in [0, 0.1) is 0 Å². The Hall–Kier alpha value is -7.40. The van der Waals surface area contributed by atoms with Crippen molar-refractivity contribution in [2.75, 3.05) is 4.90 Å². The molecule has 0 aliphatic heterocycles. The van der Waals surface area contributed by atoms with Gasteiger partial charge in [0.25, 0.3) is 0 Å². The molecule has 4 heteroatoms. The zero-order chi connectivity index (χ0) is 38.2. The molecule has 3 nitrogen and oxygen atoms in total. The van der Waals surface area contributed by atoms with Gasteiger partial charge in [-0.3, -0.25) is 0 Å². The van der Waals surface area contributed by atoms with Crippen molar-refractivity contribution in [3.8, 4) is 27.9 Å². The second-order valence-corrected chi connectivity index (χ2v) is 15.9. The number of fused-ring (bicyclic) bond motifs is 10. The molecule has 0 radical (unpaired) electrons. The number of aromatic nitrogens is 1. The minimum absolute atomic E-state index is 0.906. The standard InChI is InChI=1S/C54H34N2OS/c1-3-12-35(13-4-1)36-22-26-39(27-23-36)55(40-28-24-37(25-29-40)42-18-11-19-45-43-16-7-9-20-50(43)57-53(42)45)41-30-31-47-49(34-41)56(38-14-5-2-6-15-38)48-33-32-46-44-17-8-10-21-51(44)58-54(46)52(47)48/h1-34H. The molecule has 0 atom stereocenters. The van der Waals surface area contributed by atoms with Crippen LogP contribution in [0.1, 0.15) is 0 Å². The molecule has 3 aromatic heterocycles.